The van der Waals surface area contributed by atoms with Crippen LogP contribution in [-0.4, -0.2) is 19.8 Å². The van der Waals surface area contributed by atoms with Gasteiger partial charge in [0.1, 0.15) is 12.4 Å². The van der Waals surface area contributed by atoms with Gasteiger partial charge < -0.3 is 9.47 Å². The van der Waals surface area contributed by atoms with E-state index in [2.05, 4.69) is 13.8 Å². The summed E-state index contributed by atoms with van der Waals surface area (Å²) in [6.45, 7) is 4.88. The minimum absolute atomic E-state index is 0.122. The van der Waals surface area contributed by atoms with Crippen molar-refractivity contribution in [3.63, 3.8) is 0 Å². The average Bonchev–Trinajstić information content (AvgIpc) is 2.25. The Labute approximate surface area is 103 Å². The highest BCUT2D eigenvalue weighted by Gasteiger charge is 2.11. The molecule has 0 aliphatic rings. The molecule has 90 valence electrons. The summed E-state index contributed by atoms with van der Waals surface area (Å²) in [4.78, 5) is 0. The number of rotatable bonds is 6. The molecule has 0 amide bonds. The maximum atomic E-state index is 5.99. The molecule has 1 aromatic carbocycles. The Morgan fingerprint density at radius 2 is 1.94 bits per heavy atom. The molecule has 0 aliphatic heterocycles. The number of methoxy groups -OCH3 is 1. The van der Waals surface area contributed by atoms with Crippen LogP contribution in [0, 0.1) is 5.92 Å². The van der Waals surface area contributed by atoms with Crippen molar-refractivity contribution in [2.24, 2.45) is 5.92 Å². The Kier molecular flexibility index (Phi) is 5.64. The second-order valence-electron chi connectivity index (χ2n) is 4.23. The minimum Gasteiger partial charge on any atom is -0.489 e. The van der Waals surface area contributed by atoms with Gasteiger partial charge in [0.2, 0.25) is 0 Å². The topological polar surface area (TPSA) is 18.5 Å². The molecular formula is C13H19ClO2. The van der Waals surface area contributed by atoms with Crippen molar-refractivity contribution in [3.8, 4) is 5.75 Å². The van der Waals surface area contributed by atoms with E-state index in [1.807, 2.05) is 24.3 Å². The summed E-state index contributed by atoms with van der Waals surface area (Å²) in [6, 6.07) is 7.48. The van der Waals surface area contributed by atoms with E-state index in [0.29, 0.717) is 17.5 Å². The van der Waals surface area contributed by atoms with Crippen LogP contribution < -0.4 is 4.74 Å². The average molecular weight is 243 g/mol. The van der Waals surface area contributed by atoms with Gasteiger partial charge >= 0.3 is 0 Å². The maximum Gasteiger partial charge on any atom is 0.138 e. The SMILES string of the molecule is COC(COc1ccccc1Cl)CC(C)C. The van der Waals surface area contributed by atoms with Gasteiger partial charge in [0.05, 0.1) is 11.1 Å². The first-order chi connectivity index (χ1) is 7.63. The van der Waals surface area contributed by atoms with E-state index in [4.69, 9.17) is 21.1 Å². The Hall–Kier alpha value is -0.730. The van der Waals surface area contributed by atoms with Crippen LogP contribution in [0.15, 0.2) is 24.3 Å². The number of benzene rings is 1. The van der Waals surface area contributed by atoms with Crippen molar-refractivity contribution in [2.75, 3.05) is 13.7 Å². The smallest absolute Gasteiger partial charge is 0.138 e. The van der Waals surface area contributed by atoms with Crippen LogP contribution >= 0.6 is 11.6 Å². The van der Waals surface area contributed by atoms with Crippen molar-refractivity contribution >= 4 is 11.6 Å². The highest BCUT2D eigenvalue weighted by Crippen LogP contribution is 2.23. The van der Waals surface area contributed by atoms with E-state index >= 15 is 0 Å². The normalized spacial score (nSPS) is 12.8. The molecule has 0 spiro atoms. The third kappa shape index (κ3) is 4.42. The lowest BCUT2D eigenvalue weighted by molar-refractivity contribution is 0.0435. The summed E-state index contributed by atoms with van der Waals surface area (Å²) in [7, 11) is 1.71. The van der Waals surface area contributed by atoms with Crippen LogP contribution in [0.1, 0.15) is 20.3 Å². The fourth-order valence-electron chi connectivity index (χ4n) is 1.50. The number of para-hydroxylation sites is 1. The molecule has 0 radical (unpaired) electrons. The molecule has 3 heteroatoms. The summed E-state index contributed by atoms with van der Waals surface area (Å²) >= 11 is 5.99. The van der Waals surface area contributed by atoms with Gasteiger partial charge in [-0.15, -0.1) is 0 Å². The van der Waals surface area contributed by atoms with E-state index in [-0.39, 0.29) is 6.10 Å². The molecule has 1 aromatic rings. The maximum absolute atomic E-state index is 5.99. The summed E-state index contributed by atoms with van der Waals surface area (Å²) in [5.41, 5.74) is 0. The first kappa shape index (κ1) is 13.3. The van der Waals surface area contributed by atoms with Crippen LogP contribution in [0.2, 0.25) is 5.02 Å². The van der Waals surface area contributed by atoms with E-state index in [1.165, 1.54) is 0 Å². The standard InChI is InChI=1S/C13H19ClO2/c1-10(2)8-11(15-3)9-16-13-7-5-4-6-12(13)14/h4-7,10-11H,8-9H2,1-3H3. The summed E-state index contributed by atoms with van der Waals surface area (Å²) in [5, 5.41) is 0.641. The van der Waals surface area contributed by atoms with Crippen molar-refractivity contribution in [2.45, 2.75) is 26.4 Å². The van der Waals surface area contributed by atoms with Crippen LogP contribution in [0.3, 0.4) is 0 Å². The molecule has 0 saturated heterocycles. The zero-order chi connectivity index (χ0) is 12.0. The molecule has 1 atom stereocenters. The van der Waals surface area contributed by atoms with Crippen LogP contribution in [0.25, 0.3) is 0 Å². The largest absolute Gasteiger partial charge is 0.489 e. The van der Waals surface area contributed by atoms with E-state index in [1.54, 1.807) is 7.11 Å². The molecule has 0 bridgehead atoms. The molecule has 16 heavy (non-hydrogen) atoms. The van der Waals surface area contributed by atoms with Gasteiger partial charge in [-0.1, -0.05) is 37.6 Å². The highest BCUT2D eigenvalue weighted by atomic mass is 35.5. The number of ether oxygens (including phenoxy) is 2. The predicted octanol–water partition coefficient (Wildman–Crippen LogP) is 3.78. The number of hydrogen-bond acceptors (Lipinski definition) is 2. The van der Waals surface area contributed by atoms with Crippen molar-refractivity contribution in [1.29, 1.82) is 0 Å². The first-order valence-corrected chi connectivity index (χ1v) is 5.91. The molecule has 0 N–H and O–H groups in total. The van der Waals surface area contributed by atoms with Gasteiger partial charge in [0.25, 0.3) is 0 Å². The Morgan fingerprint density at radius 3 is 2.50 bits per heavy atom. The van der Waals surface area contributed by atoms with Gasteiger partial charge in [0.15, 0.2) is 0 Å². The lowest BCUT2D eigenvalue weighted by Gasteiger charge is -2.18. The monoisotopic (exact) mass is 242 g/mol. The minimum atomic E-state index is 0.122. The lowest BCUT2D eigenvalue weighted by Crippen LogP contribution is -2.22. The van der Waals surface area contributed by atoms with Crippen LogP contribution in [-0.2, 0) is 4.74 Å². The number of halogens is 1. The van der Waals surface area contributed by atoms with Gasteiger partial charge in [-0.05, 0) is 24.5 Å². The van der Waals surface area contributed by atoms with Gasteiger partial charge in [-0.3, -0.25) is 0 Å². The molecule has 2 nitrogen and oxygen atoms in total. The zero-order valence-corrected chi connectivity index (χ0v) is 10.8. The fraction of sp³-hybridized carbons (Fsp3) is 0.538. The third-order valence-electron chi connectivity index (χ3n) is 2.33. The molecule has 0 fully saturated rings. The van der Waals surface area contributed by atoms with Gasteiger partial charge in [-0.2, -0.15) is 0 Å². The molecule has 0 saturated carbocycles. The first-order valence-electron chi connectivity index (χ1n) is 5.53. The van der Waals surface area contributed by atoms with E-state index < -0.39 is 0 Å². The molecule has 0 heterocycles. The van der Waals surface area contributed by atoms with E-state index in [9.17, 15) is 0 Å². The van der Waals surface area contributed by atoms with Crippen LogP contribution in [0.5, 0.6) is 5.75 Å². The summed E-state index contributed by atoms with van der Waals surface area (Å²) in [5.74, 6) is 1.31. The molecule has 1 unspecified atom stereocenters. The fourth-order valence-corrected chi connectivity index (χ4v) is 1.69. The second-order valence-corrected chi connectivity index (χ2v) is 4.64. The Balaban J connectivity index is 2.46. The number of hydrogen-bond donors (Lipinski definition) is 0. The van der Waals surface area contributed by atoms with Crippen molar-refractivity contribution in [3.05, 3.63) is 29.3 Å². The van der Waals surface area contributed by atoms with Gasteiger partial charge in [0, 0.05) is 7.11 Å². The second kappa shape index (κ2) is 6.77. The highest BCUT2D eigenvalue weighted by molar-refractivity contribution is 6.32. The molecule has 0 aliphatic carbocycles. The summed E-state index contributed by atoms with van der Waals surface area (Å²) in [6.07, 6.45) is 1.11. The van der Waals surface area contributed by atoms with Crippen molar-refractivity contribution in [1.82, 2.24) is 0 Å². The zero-order valence-electron chi connectivity index (χ0n) is 10.1. The Morgan fingerprint density at radius 1 is 1.25 bits per heavy atom. The van der Waals surface area contributed by atoms with Crippen molar-refractivity contribution < 1.29 is 9.47 Å². The molecule has 1 rings (SSSR count). The van der Waals surface area contributed by atoms with Crippen LogP contribution in [0.4, 0.5) is 0 Å². The Bertz CT molecular complexity index is 313. The lowest BCUT2D eigenvalue weighted by atomic mass is 10.1. The molecule has 0 aromatic heterocycles. The van der Waals surface area contributed by atoms with Gasteiger partial charge in [-0.25, -0.2) is 0 Å². The quantitative estimate of drug-likeness (QED) is 0.756. The third-order valence-corrected chi connectivity index (χ3v) is 2.64. The predicted molar refractivity (Wildman–Crippen MR) is 67.2 cm³/mol. The summed E-state index contributed by atoms with van der Waals surface area (Å²) < 4.78 is 11.0. The van der Waals surface area contributed by atoms with E-state index in [0.717, 1.165) is 12.2 Å². The molecular weight excluding hydrogens is 224 g/mol.